The monoisotopic (exact) mass is 426 g/mol. The zero-order valence-electron chi connectivity index (χ0n) is 18.2. The molecule has 2 aromatic heterocycles. The molecule has 1 aromatic carbocycles. The van der Waals surface area contributed by atoms with Gasteiger partial charge in [-0.1, -0.05) is 13.0 Å². The number of aromatic amines is 1. The number of aromatic nitrogens is 4. The summed E-state index contributed by atoms with van der Waals surface area (Å²) in [5.74, 6) is 1.81. The maximum absolute atomic E-state index is 12.5. The van der Waals surface area contributed by atoms with Gasteiger partial charge in [0.25, 0.3) is 5.56 Å². The van der Waals surface area contributed by atoms with Gasteiger partial charge in [0.15, 0.2) is 11.5 Å². The fraction of sp³-hybridized carbons (Fsp3) is 0.333. The summed E-state index contributed by atoms with van der Waals surface area (Å²) in [5.41, 5.74) is 2.53. The van der Waals surface area contributed by atoms with Crippen molar-refractivity contribution in [1.82, 2.24) is 25.1 Å². The first-order valence-electron chi connectivity index (χ1n) is 9.78. The van der Waals surface area contributed by atoms with E-state index in [2.05, 4.69) is 25.7 Å². The molecule has 0 unspecified atom stereocenters. The number of carbonyl (C=O) groups excluding carboxylic acids is 1. The van der Waals surface area contributed by atoms with Gasteiger partial charge in [0.1, 0.15) is 5.82 Å². The highest BCUT2D eigenvalue weighted by molar-refractivity contribution is 5.88. The van der Waals surface area contributed by atoms with E-state index in [0.29, 0.717) is 40.7 Å². The quantitative estimate of drug-likeness (QED) is 0.533. The van der Waals surface area contributed by atoms with E-state index in [9.17, 15) is 9.59 Å². The number of nitrogens with zero attached hydrogens (tertiary/aromatic N) is 3. The molecule has 0 radical (unpaired) electrons. The fourth-order valence-electron chi connectivity index (χ4n) is 3.20. The van der Waals surface area contributed by atoms with Gasteiger partial charge in [-0.15, -0.1) is 0 Å². The van der Waals surface area contributed by atoms with E-state index in [-0.39, 0.29) is 18.1 Å². The van der Waals surface area contributed by atoms with E-state index in [4.69, 9.17) is 9.47 Å². The molecule has 3 N–H and O–H groups in total. The molecule has 2 heterocycles. The van der Waals surface area contributed by atoms with Crippen molar-refractivity contribution >= 4 is 11.8 Å². The molecule has 2 amide bonds. The van der Waals surface area contributed by atoms with E-state index < -0.39 is 6.03 Å². The van der Waals surface area contributed by atoms with E-state index in [1.807, 2.05) is 13.0 Å². The molecule has 10 heteroatoms. The Kier molecular flexibility index (Phi) is 6.58. The summed E-state index contributed by atoms with van der Waals surface area (Å²) in [6.45, 7) is 5.73. The van der Waals surface area contributed by atoms with Gasteiger partial charge < -0.3 is 14.8 Å². The summed E-state index contributed by atoms with van der Waals surface area (Å²) in [5, 5.41) is 9.88. The lowest BCUT2D eigenvalue weighted by Crippen LogP contribution is -2.29. The summed E-state index contributed by atoms with van der Waals surface area (Å²) in [6.07, 6.45) is 0.580. The zero-order valence-corrected chi connectivity index (χ0v) is 18.2. The third-order valence-electron chi connectivity index (χ3n) is 4.74. The number of nitrogens with one attached hydrogen (secondary N) is 3. The fourth-order valence-corrected chi connectivity index (χ4v) is 3.20. The number of ether oxygens (including phenoxy) is 2. The van der Waals surface area contributed by atoms with Gasteiger partial charge >= 0.3 is 6.03 Å². The van der Waals surface area contributed by atoms with Gasteiger partial charge in [-0.3, -0.25) is 15.1 Å². The van der Waals surface area contributed by atoms with Crippen LogP contribution in [-0.4, -0.2) is 40.0 Å². The van der Waals surface area contributed by atoms with Crippen molar-refractivity contribution in [3.63, 3.8) is 0 Å². The van der Waals surface area contributed by atoms with Crippen LogP contribution in [0.25, 0.3) is 5.95 Å². The Morgan fingerprint density at radius 2 is 1.90 bits per heavy atom. The van der Waals surface area contributed by atoms with Crippen molar-refractivity contribution in [3.8, 4) is 17.4 Å². The predicted octanol–water partition coefficient (Wildman–Crippen LogP) is 2.47. The minimum atomic E-state index is -0.430. The van der Waals surface area contributed by atoms with E-state index in [1.54, 1.807) is 46.3 Å². The number of H-pyrrole nitrogens is 1. The maximum atomic E-state index is 12.5. The number of methoxy groups -OCH3 is 2. The number of aryl methyl sites for hydroxylation is 2. The Hall–Kier alpha value is -3.82. The van der Waals surface area contributed by atoms with Crippen molar-refractivity contribution in [2.75, 3.05) is 19.5 Å². The molecule has 3 aromatic rings. The van der Waals surface area contributed by atoms with Crippen LogP contribution in [0.5, 0.6) is 11.5 Å². The minimum Gasteiger partial charge on any atom is -0.493 e. The first kappa shape index (κ1) is 21.9. The molecule has 164 valence electrons. The van der Waals surface area contributed by atoms with Crippen LogP contribution < -0.4 is 25.7 Å². The second-order valence-corrected chi connectivity index (χ2v) is 6.89. The van der Waals surface area contributed by atoms with Crippen molar-refractivity contribution in [1.29, 1.82) is 0 Å². The summed E-state index contributed by atoms with van der Waals surface area (Å²) in [7, 11) is 3.12. The molecule has 0 atom stereocenters. The van der Waals surface area contributed by atoms with Crippen LogP contribution in [0.15, 0.2) is 29.1 Å². The summed E-state index contributed by atoms with van der Waals surface area (Å²) in [4.78, 5) is 31.9. The highest BCUT2D eigenvalue weighted by Crippen LogP contribution is 2.27. The Morgan fingerprint density at radius 3 is 2.55 bits per heavy atom. The second-order valence-electron chi connectivity index (χ2n) is 6.89. The number of rotatable bonds is 7. The van der Waals surface area contributed by atoms with E-state index in [1.165, 1.54) is 4.68 Å². The zero-order chi connectivity index (χ0) is 22.5. The summed E-state index contributed by atoms with van der Waals surface area (Å²) >= 11 is 0. The van der Waals surface area contributed by atoms with Crippen LogP contribution in [0.3, 0.4) is 0 Å². The van der Waals surface area contributed by atoms with Crippen molar-refractivity contribution in [2.24, 2.45) is 0 Å². The number of carbonyl (C=O) groups is 1. The van der Waals surface area contributed by atoms with E-state index in [0.717, 1.165) is 5.56 Å². The molecule has 0 aliphatic rings. The Balaban J connectivity index is 1.75. The summed E-state index contributed by atoms with van der Waals surface area (Å²) < 4.78 is 11.9. The SMILES string of the molecule is CCc1c(C)nc(-n2nc(C)cc2NC(=O)NCc2ccc(OC)c(OC)c2)[nH]c1=O. The number of urea groups is 1. The lowest BCUT2D eigenvalue weighted by molar-refractivity contribution is 0.251. The third-order valence-corrected chi connectivity index (χ3v) is 4.74. The lowest BCUT2D eigenvalue weighted by atomic mass is 10.2. The van der Waals surface area contributed by atoms with Crippen molar-refractivity contribution < 1.29 is 14.3 Å². The average molecular weight is 426 g/mol. The molecule has 0 spiro atoms. The van der Waals surface area contributed by atoms with Gasteiger partial charge in [-0.2, -0.15) is 9.78 Å². The maximum Gasteiger partial charge on any atom is 0.320 e. The van der Waals surface area contributed by atoms with Gasteiger partial charge in [0, 0.05) is 23.9 Å². The van der Waals surface area contributed by atoms with Crippen LogP contribution in [0.4, 0.5) is 10.6 Å². The van der Waals surface area contributed by atoms with Crippen LogP contribution >= 0.6 is 0 Å². The minimum absolute atomic E-state index is 0.220. The predicted molar refractivity (Wildman–Crippen MR) is 116 cm³/mol. The highest BCUT2D eigenvalue weighted by Gasteiger charge is 2.15. The number of anilines is 1. The van der Waals surface area contributed by atoms with Crippen LogP contribution in [-0.2, 0) is 13.0 Å². The Morgan fingerprint density at radius 1 is 1.16 bits per heavy atom. The number of amides is 2. The van der Waals surface area contributed by atoms with Crippen LogP contribution in [0.1, 0.15) is 29.4 Å². The van der Waals surface area contributed by atoms with Gasteiger partial charge in [-0.25, -0.2) is 9.78 Å². The molecule has 0 fully saturated rings. The number of benzene rings is 1. The topological polar surface area (TPSA) is 123 Å². The third kappa shape index (κ3) is 4.85. The molecule has 0 saturated carbocycles. The summed E-state index contributed by atoms with van der Waals surface area (Å²) in [6, 6.07) is 6.67. The van der Waals surface area contributed by atoms with Crippen molar-refractivity contribution in [2.45, 2.75) is 33.7 Å². The van der Waals surface area contributed by atoms with Crippen LogP contribution in [0, 0.1) is 13.8 Å². The molecule has 10 nitrogen and oxygen atoms in total. The molecule has 31 heavy (non-hydrogen) atoms. The highest BCUT2D eigenvalue weighted by atomic mass is 16.5. The molecule has 0 saturated heterocycles. The average Bonchev–Trinajstić information content (AvgIpc) is 3.11. The molecule has 3 rings (SSSR count). The lowest BCUT2D eigenvalue weighted by Gasteiger charge is -2.12. The smallest absolute Gasteiger partial charge is 0.320 e. The van der Waals surface area contributed by atoms with Gasteiger partial charge in [0.2, 0.25) is 5.95 Å². The first-order valence-corrected chi connectivity index (χ1v) is 9.78. The number of hydrogen-bond donors (Lipinski definition) is 3. The molecular weight excluding hydrogens is 400 g/mol. The number of hydrogen-bond acceptors (Lipinski definition) is 6. The normalized spacial score (nSPS) is 10.6. The first-order chi connectivity index (χ1) is 14.9. The standard InChI is InChI=1S/C21H26N6O4/c1-6-15-13(3)23-20(25-19(15)28)27-18(9-12(2)26-27)24-21(29)22-11-14-7-8-16(30-4)17(10-14)31-5/h7-10H,6,11H2,1-5H3,(H2,22,24,29)(H,23,25,28). The van der Waals surface area contributed by atoms with E-state index >= 15 is 0 Å². The molecule has 0 bridgehead atoms. The molecular formula is C21H26N6O4. The van der Waals surface area contributed by atoms with Crippen LogP contribution in [0.2, 0.25) is 0 Å². The molecule has 0 aliphatic heterocycles. The van der Waals surface area contributed by atoms with Gasteiger partial charge in [0.05, 0.1) is 19.9 Å². The second kappa shape index (κ2) is 9.33. The Labute approximate surface area is 179 Å². The molecule has 0 aliphatic carbocycles. The van der Waals surface area contributed by atoms with Crippen molar-refractivity contribution in [3.05, 3.63) is 57.1 Å². The largest absolute Gasteiger partial charge is 0.493 e. The van der Waals surface area contributed by atoms with Gasteiger partial charge in [-0.05, 0) is 38.0 Å². The Bertz CT molecular complexity index is 1150.